The second-order valence-corrected chi connectivity index (χ2v) is 13.0. The molecule has 0 spiro atoms. The van der Waals surface area contributed by atoms with E-state index in [-0.39, 0.29) is 34.4 Å². The molecular weight excluding hydrogens is 576 g/mol. The third kappa shape index (κ3) is 10.5. The van der Waals surface area contributed by atoms with Gasteiger partial charge in [0.15, 0.2) is 0 Å². The summed E-state index contributed by atoms with van der Waals surface area (Å²) in [6, 6.07) is 10.8. The summed E-state index contributed by atoms with van der Waals surface area (Å²) < 4.78 is 28.2. The first-order valence-corrected chi connectivity index (χ1v) is 16.7. The Balaban J connectivity index is 1.86. The molecule has 0 heterocycles. The molecule has 0 aliphatic heterocycles. The summed E-state index contributed by atoms with van der Waals surface area (Å²) in [7, 11) is -4.22. The van der Waals surface area contributed by atoms with E-state index in [0.29, 0.717) is 35.8 Å². The molecule has 10 heteroatoms. The Morgan fingerprint density at radius 2 is 1.68 bits per heavy atom. The third-order valence-electron chi connectivity index (χ3n) is 6.96. The summed E-state index contributed by atoms with van der Waals surface area (Å²) >= 11 is 0. The number of allylic oxidation sites excluding steroid dienone is 4. The van der Waals surface area contributed by atoms with Crippen LogP contribution in [0.3, 0.4) is 0 Å². The molecule has 2 aromatic rings. The molecule has 1 atom stereocenters. The standard InChI is InChI=1S/C34H44N4O5S/c1-5-6-8-17-32(39)38-44(42,43)31-16-12-11-15-29(31)36-34(41)27-18-19-28(35-21-20-24(2)3)30(23-27)37-33(40)26-14-10-7-9-13-25(4)22-26/h9-16,18-19,22-25,35H,5-8,17,20-21H2,1-4H3,(H,36,41)(H,37,40)(H,38,39)/b13-9+,14-10-,26-22+. The van der Waals surface area contributed by atoms with E-state index in [9.17, 15) is 22.8 Å². The van der Waals surface area contributed by atoms with Gasteiger partial charge in [0, 0.05) is 24.1 Å². The van der Waals surface area contributed by atoms with Crippen molar-refractivity contribution in [2.24, 2.45) is 11.8 Å². The fraction of sp³-hybridized carbons (Fsp3) is 0.382. The predicted octanol–water partition coefficient (Wildman–Crippen LogP) is 6.80. The molecule has 4 N–H and O–H groups in total. The second-order valence-electron chi connectivity index (χ2n) is 11.3. The quantitative estimate of drug-likeness (QED) is 0.136. The van der Waals surface area contributed by atoms with E-state index in [1.54, 1.807) is 30.3 Å². The molecule has 1 aliphatic rings. The van der Waals surface area contributed by atoms with Crippen molar-refractivity contribution in [2.45, 2.75) is 71.1 Å². The molecule has 0 saturated carbocycles. The van der Waals surface area contributed by atoms with Gasteiger partial charge in [-0.2, -0.15) is 0 Å². The van der Waals surface area contributed by atoms with Crippen LogP contribution in [0.4, 0.5) is 17.1 Å². The van der Waals surface area contributed by atoms with Gasteiger partial charge in [0.05, 0.1) is 17.1 Å². The number of carbonyl (C=O) groups excluding carboxylic acids is 3. The van der Waals surface area contributed by atoms with Crippen LogP contribution in [0.1, 0.15) is 76.6 Å². The topological polar surface area (TPSA) is 133 Å². The van der Waals surface area contributed by atoms with Gasteiger partial charge in [0.2, 0.25) is 5.91 Å². The van der Waals surface area contributed by atoms with E-state index in [1.807, 2.05) is 32.1 Å². The summed E-state index contributed by atoms with van der Waals surface area (Å²) in [6.07, 6.45) is 13.7. The molecule has 0 aromatic heterocycles. The van der Waals surface area contributed by atoms with Crippen molar-refractivity contribution in [3.63, 3.8) is 0 Å². The Morgan fingerprint density at radius 1 is 0.932 bits per heavy atom. The molecule has 236 valence electrons. The molecule has 3 amide bonds. The molecule has 9 nitrogen and oxygen atoms in total. The van der Waals surface area contributed by atoms with E-state index < -0.39 is 21.8 Å². The highest BCUT2D eigenvalue weighted by atomic mass is 32.2. The Morgan fingerprint density at radius 3 is 2.43 bits per heavy atom. The number of amides is 3. The Labute approximate surface area is 261 Å². The zero-order valence-corrected chi connectivity index (χ0v) is 26.8. The third-order valence-corrected chi connectivity index (χ3v) is 8.39. The van der Waals surface area contributed by atoms with Crippen LogP contribution in [-0.2, 0) is 19.6 Å². The number of sulfonamides is 1. The van der Waals surface area contributed by atoms with Crippen molar-refractivity contribution in [3.05, 3.63) is 84.0 Å². The molecule has 2 aromatic carbocycles. The highest BCUT2D eigenvalue weighted by Gasteiger charge is 2.23. The van der Waals surface area contributed by atoms with Gasteiger partial charge in [-0.25, -0.2) is 13.1 Å². The lowest BCUT2D eigenvalue weighted by atomic mass is 10.0. The number of nitrogens with one attached hydrogen (secondary N) is 4. The zero-order chi connectivity index (χ0) is 32.1. The van der Waals surface area contributed by atoms with Crippen LogP contribution < -0.4 is 20.7 Å². The number of rotatable bonds is 14. The maximum atomic E-state index is 13.4. The number of para-hydroxylation sites is 1. The number of hydrogen-bond acceptors (Lipinski definition) is 6. The van der Waals surface area contributed by atoms with E-state index in [1.165, 1.54) is 18.2 Å². The Kier molecular flexibility index (Phi) is 13.0. The van der Waals surface area contributed by atoms with Gasteiger partial charge in [-0.1, -0.05) is 83.0 Å². The van der Waals surface area contributed by atoms with Crippen LogP contribution in [0.15, 0.2) is 83.3 Å². The average molecular weight is 621 g/mol. The van der Waals surface area contributed by atoms with Crippen LogP contribution in [0.25, 0.3) is 0 Å². The van der Waals surface area contributed by atoms with Crippen molar-refractivity contribution in [3.8, 4) is 0 Å². The van der Waals surface area contributed by atoms with Gasteiger partial charge in [0.1, 0.15) is 4.90 Å². The van der Waals surface area contributed by atoms with Crippen LogP contribution >= 0.6 is 0 Å². The summed E-state index contributed by atoms with van der Waals surface area (Å²) in [5.74, 6) is -0.920. The minimum Gasteiger partial charge on any atom is -0.383 e. The Hall–Kier alpha value is -4.18. The van der Waals surface area contributed by atoms with Gasteiger partial charge < -0.3 is 16.0 Å². The lowest BCUT2D eigenvalue weighted by molar-refractivity contribution is -0.119. The van der Waals surface area contributed by atoms with E-state index in [2.05, 4.69) is 40.6 Å². The average Bonchev–Trinajstić information content (AvgIpc) is 2.95. The van der Waals surface area contributed by atoms with Gasteiger partial charge in [0.25, 0.3) is 21.8 Å². The summed E-state index contributed by atoms with van der Waals surface area (Å²) in [4.78, 5) is 38.8. The summed E-state index contributed by atoms with van der Waals surface area (Å²) in [5.41, 5.74) is 1.84. The van der Waals surface area contributed by atoms with Crippen molar-refractivity contribution >= 4 is 44.8 Å². The molecule has 44 heavy (non-hydrogen) atoms. The van der Waals surface area contributed by atoms with Gasteiger partial charge >= 0.3 is 0 Å². The minimum atomic E-state index is -4.22. The van der Waals surface area contributed by atoms with Crippen molar-refractivity contribution in [1.82, 2.24) is 4.72 Å². The monoisotopic (exact) mass is 620 g/mol. The van der Waals surface area contributed by atoms with Crippen LogP contribution in [0.5, 0.6) is 0 Å². The van der Waals surface area contributed by atoms with Gasteiger partial charge in [-0.05, 0) is 61.4 Å². The fourth-order valence-electron chi connectivity index (χ4n) is 4.54. The van der Waals surface area contributed by atoms with E-state index in [4.69, 9.17) is 0 Å². The minimum absolute atomic E-state index is 0.0305. The molecule has 0 fully saturated rings. The molecule has 0 bridgehead atoms. The normalized spacial score (nSPS) is 17.4. The molecular formula is C34H44N4O5S. The highest BCUT2D eigenvalue weighted by Crippen LogP contribution is 2.27. The fourth-order valence-corrected chi connectivity index (χ4v) is 5.71. The van der Waals surface area contributed by atoms with Gasteiger partial charge in [-0.3, -0.25) is 14.4 Å². The molecule has 1 unspecified atom stereocenters. The number of carbonyl (C=O) groups is 3. The lowest BCUT2D eigenvalue weighted by Gasteiger charge is -2.17. The summed E-state index contributed by atoms with van der Waals surface area (Å²) in [6.45, 7) is 8.91. The number of benzene rings is 2. The van der Waals surface area contributed by atoms with Crippen molar-refractivity contribution in [1.29, 1.82) is 0 Å². The van der Waals surface area contributed by atoms with Crippen molar-refractivity contribution < 1.29 is 22.8 Å². The van der Waals surface area contributed by atoms with Crippen LogP contribution in [0, 0.1) is 11.8 Å². The van der Waals surface area contributed by atoms with E-state index in [0.717, 1.165) is 25.7 Å². The first-order chi connectivity index (χ1) is 21.0. The van der Waals surface area contributed by atoms with Crippen LogP contribution in [0.2, 0.25) is 0 Å². The van der Waals surface area contributed by atoms with E-state index >= 15 is 0 Å². The van der Waals surface area contributed by atoms with Crippen LogP contribution in [-0.4, -0.2) is 32.7 Å². The first kappa shape index (κ1) is 34.3. The molecule has 0 saturated heterocycles. The lowest BCUT2D eigenvalue weighted by Crippen LogP contribution is -2.31. The predicted molar refractivity (Wildman–Crippen MR) is 177 cm³/mol. The number of anilines is 3. The van der Waals surface area contributed by atoms with Crippen molar-refractivity contribution in [2.75, 3.05) is 22.5 Å². The second kappa shape index (κ2) is 16.6. The SMILES string of the molecule is CCCCCC(=O)NS(=O)(=O)c1ccccc1NC(=O)c1ccc(NCCC(C)C)c(NC(=O)C2=C/C(C)/C=C/C/C=C\2)c1. The largest absolute Gasteiger partial charge is 0.383 e. The first-order valence-electron chi connectivity index (χ1n) is 15.2. The smallest absolute Gasteiger partial charge is 0.266 e. The number of hydrogen-bond donors (Lipinski definition) is 4. The summed E-state index contributed by atoms with van der Waals surface area (Å²) in [5, 5.41) is 8.97. The Bertz CT molecular complexity index is 1530. The highest BCUT2D eigenvalue weighted by molar-refractivity contribution is 7.90. The molecule has 1 aliphatic carbocycles. The maximum Gasteiger partial charge on any atom is 0.266 e. The maximum absolute atomic E-state index is 13.4. The molecule has 3 rings (SSSR count). The molecule has 0 radical (unpaired) electrons. The zero-order valence-electron chi connectivity index (χ0n) is 26.0. The number of unbranched alkanes of at least 4 members (excludes halogenated alkanes) is 2. The van der Waals surface area contributed by atoms with Gasteiger partial charge in [-0.15, -0.1) is 0 Å².